The number of benzene rings is 1. The van der Waals surface area contributed by atoms with Gasteiger partial charge in [-0.25, -0.2) is 4.79 Å². The zero-order valence-electron chi connectivity index (χ0n) is 18.3. The number of aromatic nitrogens is 2. The Kier molecular flexibility index (Phi) is 7.48. The van der Waals surface area contributed by atoms with E-state index in [4.69, 9.17) is 9.16 Å². The number of nitrogens with zero attached hydrogens (tertiary/aromatic N) is 2. The van der Waals surface area contributed by atoms with Gasteiger partial charge in [0.1, 0.15) is 6.54 Å². The van der Waals surface area contributed by atoms with E-state index in [1.165, 1.54) is 9.13 Å². The molecule has 0 atom stereocenters. The summed E-state index contributed by atoms with van der Waals surface area (Å²) in [7, 11) is -1.73. The highest BCUT2D eigenvalue weighted by Crippen LogP contribution is 2.36. The molecule has 0 spiro atoms. The lowest BCUT2D eigenvalue weighted by molar-refractivity contribution is -0.143. The Morgan fingerprint density at radius 2 is 1.79 bits per heavy atom. The molecule has 29 heavy (non-hydrogen) atoms. The number of imidazole rings is 1. The zero-order chi connectivity index (χ0) is 21.7. The van der Waals surface area contributed by atoms with Crippen LogP contribution in [0.15, 0.2) is 41.5 Å². The minimum absolute atomic E-state index is 0.0897. The zero-order valence-corrected chi connectivity index (χ0v) is 19.3. The second-order valence-electron chi connectivity index (χ2n) is 8.47. The van der Waals surface area contributed by atoms with Crippen LogP contribution in [-0.4, -0.2) is 43.2 Å². The smallest absolute Gasteiger partial charge is 0.333 e. The number of ether oxygens (including phenoxy) is 1. The first kappa shape index (κ1) is 23.0. The number of hydrogen-bond acceptors (Lipinski definition) is 5. The highest BCUT2D eigenvalue weighted by Gasteiger charge is 2.36. The fourth-order valence-corrected chi connectivity index (χ4v) is 3.58. The lowest BCUT2D eigenvalue weighted by Crippen LogP contribution is -2.41. The van der Waals surface area contributed by atoms with Crippen molar-refractivity contribution >= 4 is 20.0 Å². The van der Waals surface area contributed by atoms with Crippen LogP contribution in [0.1, 0.15) is 27.7 Å². The van der Waals surface area contributed by atoms with Crippen LogP contribution in [0.5, 0.6) is 0 Å². The van der Waals surface area contributed by atoms with E-state index in [1.54, 1.807) is 19.3 Å². The molecule has 2 rings (SSSR count). The summed E-state index contributed by atoms with van der Waals surface area (Å²) in [5, 5.41) is 3.55. The van der Waals surface area contributed by atoms with E-state index in [2.05, 4.69) is 39.2 Å². The van der Waals surface area contributed by atoms with Gasteiger partial charge in [-0.15, -0.1) is 0 Å². The summed E-state index contributed by atoms with van der Waals surface area (Å²) in [5.74, 6) is -0.424. The maximum atomic E-state index is 12.5. The number of nitrogens with one attached hydrogen (secondary N) is 1. The van der Waals surface area contributed by atoms with Crippen molar-refractivity contribution in [2.45, 2.75) is 52.4 Å². The predicted octanol–water partition coefficient (Wildman–Crippen LogP) is 3.64. The SMILES string of the molecule is CCOC(=O)Cn1ccn(-c2ccc(NCCO[Si](C)(C)C(C)(C)C)cc2)c1=O. The van der Waals surface area contributed by atoms with Crippen LogP contribution in [0.2, 0.25) is 18.1 Å². The van der Waals surface area contributed by atoms with Crippen molar-refractivity contribution in [3.63, 3.8) is 0 Å². The van der Waals surface area contributed by atoms with E-state index in [9.17, 15) is 9.59 Å². The van der Waals surface area contributed by atoms with Crippen LogP contribution in [-0.2, 0) is 20.5 Å². The summed E-state index contributed by atoms with van der Waals surface area (Å²) in [4.78, 5) is 24.1. The third-order valence-corrected chi connectivity index (χ3v) is 9.84. The summed E-state index contributed by atoms with van der Waals surface area (Å²) >= 11 is 0. The second kappa shape index (κ2) is 9.45. The molecule has 0 unspecified atom stereocenters. The Hall–Kier alpha value is -2.32. The molecule has 8 heteroatoms. The molecule has 1 heterocycles. The summed E-state index contributed by atoms with van der Waals surface area (Å²) in [5.41, 5.74) is 1.42. The fraction of sp³-hybridized carbons (Fsp3) is 0.524. The third kappa shape index (κ3) is 6.07. The molecule has 0 aliphatic heterocycles. The van der Waals surface area contributed by atoms with E-state index in [1.807, 2.05) is 24.3 Å². The van der Waals surface area contributed by atoms with Gasteiger partial charge in [0.15, 0.2) is 8.32 Å². The molecule has 1 N–H and O–H groups in total. The fourth-order valence-electron chi connectivity index (χ4n) is 2.53. The molecular weight excluding hydrogens is 386 g/mol. The number of carbonyl (C=O) groups excluding carboxylic acids is 1. The Morgan fingerprint density at radius 3 is 2.38 bits per heavy atom. The molecule has 0 aliphatic rings. The van der Waals surface area contributed by atoms with Gasteiger partial charge in [-0.1, -0.05) is 20.8 Å². The lowest BCUT2D eigenvalue weighted by Gasteiger charge is -2.36. The quantitative estimate of drug-likeness (QED) is 0.382. The molecule has 0 bridgehead atoms. The molecule has 0 saturated carbocycles. The highest BCUT2D eigenvalue weighted by atomic mass is 28.4. The number of carbonyl (C=O) groups is 1. The van der Waals surface area contributed by atoms with Crippen LogP contribution >= 0.6 is 0 Å². The first-order valence-corrected chi connectivity index (χ1v) is 12.9. The molecule has 1 aromatic carbocycles. The minimum atomic E-state index is -1.73. The van der Waals surface area contributed by atoms with E-state index < -0.39 is 14.3 Å². The van der Waals surface area contributed by atoms with Crippen LogP contribution < -0.4 is 11.0 Å². The lowest BCUT2D eigenvalue weighted by atomic mass is 10.2. The van der Waals surface area contributed by atoms with Crippen molar-refractivity contribution in [2.24, 2.45) is 0 Å². The maximum absolute atomic E-state index is 12.5. The molecule has 0 saturated heterocycles. The standard InChI is InChI=1S/C21H33N3O4Si/c1-7-27-19(25)16-23-13-14-24(20(23)26)18-10-8-17(9-11-18)22-12-15-28-29(5,6)21(2,3)4/h8-11,13-14,22H,7,12,15-16H2,1-6H3. The van der Waals surface area contributed by atoms with Gasteiger partial charge in [0.2, 0.25) is 0 Å². The van der Waals surface area contributed by atoms with Gasteiger partial charge in [-0.2, -0.15) is 0 Å². The Morgan fingerprint density at radius 1 is 1.14 bits per heavy atom. The minimum Gasteiger partial charge on any atom is -0.465 e. The molecule has 7 nitrogen and oxygen atoms in total. The monoisotopic (exact) mass is 419 g/mol. The van der Waals surface area contributed by atoms with Gasteiger partial charge in [0.05, 0.1) is 18.9 Å². The van der Waals surface area contributed by atoms with Crippen molar-refractivity contribution in [3.8, 4) is 5.69 Å². The Labute approximate surface area is 173 Å². The molecular formula is C21H33N3O4Si. The van der Waals surface area contributed by atoms with Crippen molar-refractivity contribution < 1.29 is 14.0 Å². The van der Waals surface area contributed by atoms with Crippen molar-refractivity contribution in [3.05, 3.63) is 47.1 Å². The topological polar surface area (TPSA) is 74.5 Å². The van der Waals surface area contributed by atoms with Crippen molar-refractivity contribution in [2.75, 3.05) is 25.1 Å². The molecule has 0 radical (unpaired) electrons. The summed E-state index contributed by atoms with van der Waals surface area (Å²) in [6, 6.07) is 7.59. The van der Waals surface area contributed by atoms with Crippen LogP contribution in [0, 0.1) is 0 Å². The summed E-state index contributed by atoms with van der Waals surface area (Å²) in [6.45, 7) is 14.5. The maximum Gasteiger partial charge on any atom is 0.333 e. The Bertz CT molecular complexity index is 863. The molecule has 0 amide bonds. The average molecular weight is 420 g/mol. The number of hydrogen-bond donors (Lipinski definition) is 1. The highest BCUT2D eigenvalue weighted by molar-refractivity contribution is 6.74. The van der Waals surface area contributed by atoms with E-state index >= 15 is 0 Å². The van der Waals surface area contributed by atoms with Gasteiger partial charge < -0.3 is 14.5 Å². The number of esters is 1. The van der Waals surface area contributed by atoms with Crippen molar-refractivity contribution in [1.82, 2.24) is 9.13 Å². The van der Waals surface area contributed by atoms with E-state index in [0.717, 1.165) is 17.9 Å². The molecule has 160 valence electrons. The summed E-state index contributed by atoms with van der Waals surface area (Å²) < 4.78 is 13.9. The Balaban J connectivity index is 1.93. The van der Waals surface area contributed by atoms with Gasteiger partial charge in [-0.05, 0) is 49.3 Å². The molecule has 0 fully saturated rings. The van der Waals surface area contributed by atoms with E-state index in [-0.39, 0.29) is 17.3 Å². The summed E-state index contributed by atoms with van der Waals surface area (Å²) in [6.07, 6.45) is 3.24. The molecule has 1 aromatic heterocycles. The normalized spacial score (nSPS) is 12.1. The average Bonchev–Trinajstić information content (AvgIpc) is 2.99. The molecule has 2 aromatic rings. The van der Waals surface area contributed by atoms with E-state index in [0.29, 0.717) is 13.2 Å². The van der Waals surface area contributed by atoms with Gasteiger partial charge >= 0.3 is 11.7 Å². The van der Waals surface area contributed by atoms with Crippen LogP contribution in [0.4, 0.5) is 5.69 Å². The van der Waals surface area contributed by atoms with Gasteiger partial charge in [0.25, 0.3) is 0 Å². The second-order valence-corrected chi connectivity index (χ2v) is 13.3. The first-order chi connectivity index (χ1) is 13.5. The first-order valence-electron chi connectivity index (χ1n) is 9.97. The third-order valence-electron chi connectivity index (χ3n) is 5.30. The molecule has 0 aliphatic carbocycles. The predicted molar refractivity (Wildman–Crippen MR) is 118 cm³/mol. The van der Waals surface area contributed by atoms with Gasteiger partial charge in [-0.3, -0.25) is 13.9 Å². The number of rotatable bonds is 9. The van der Waals surface area contributed by atoms with Crippen LogP contribution in [0.25, 0.3) is 5.69 Å². The number of anilines is 1. The van der Waals surface area contributed by atoms with Gasteiger partial charge in [0, 0.05) is 24.6 Å². The van der Waals surface area contributed by atoms with Crippen LogP contribution in [0.3, 0.4) is 0 Å². The van der Waals surface area contributed by atoms with Crippen molar-refractivity contribution in [1.29, 1.82) is 0 Å². The largest absolute Gasteiger partial charge is 0.465 e.